The van der Waals surface area contributed by atoms with Crippen LogP contribution < -0.4 is 4.90 Å². The van der Waals surface area contributed by atoms with E-state index in [1.165, 1.54) is 4.52 Å². The number of aromatic nitrogens is 7. The highest BCUT2D eigenvalue weighted by atomic mass is 16.6. The number of hydrogen-bond donors (Lipinski definition) is 2. The van der Waals surface area contributed by atoms with Crippen molar-refractivity contribution in [3.8, 4) is 22.5 Å². The summed E-state index contributed by atoms with van der Waals surface area (Å²) in [5.41, 5.74) is 3.98. The first-order valence-corrected chi connectivity index (χ1v) is 11.4. The number of carboxylic acids is 1. The maximum Gasteiger partial charge on any atom is 0.333 e. The summed E-state index contributed by atoms with van der Waals surface area (Å²) in [6, 6.07) is 17.1. The highest BCUT2D eigenvalue weighted by molar-refractivity contribution is 5.80. The van der Waals surface area contributed by atoms with E-state index < -0.39 is 10.9 Å². The highest BCUT2D eigenvalue weighted by Gasteiger charge is 2.23. The van der Waals surface area contributed by atoms with Crippen LogP contribution in [0.15, 0.2) is 60.8 Å². The molecule has 0 aliphatic rings. The number of aliphatic carboxylic acids is 1. The molecule has 0 saturated heterocycles. The molecule has 0 saturated carbocycles. The largest absolute Gasteiger partial charge is 0.480 e. The first-order valence-electron chi connectivity index (χ1n) is 11.4. The SMILES string of the molecule is CCc1cc(N(CC(=O)O)Cc2ccc(-c3ccccc3-c3nnn[nH]3)cc2)n2ncc([N+](=O)[O-])c2n1. The van der Waals surface area contributed by atoms with Gasteiger partial charge in [-0.1, -0.05) is 55.5 Å². The number of carboxylic acid groups (broad SMARTS) is 1. The second kappa shape index (κ2) is 9.81. The summed E-state index contributed by atoms with van der Waals surface area (Å²) >= 11 is 0. The van der Waals surface area contributed by atoms with E-state index in [1.807, 2.05) is 55.5 Å². The number of anilines is 1. The fraction of sp³-hybridized carbons (Fsp3) is 0.167. The zero-order chi connectivity index (χ0) is 25.9. The Bertz CT molecular complexity index is 1580. The van der Waals surface area contributed by atoms with E-state index in [0.717, 1.165) is 28.5 Å². The first kappa shape index (κ1) is 23.5. The number of carbonyl (C=O) groups is 1. The topological polar surface area (TPSA) is 168 Å². The molecular weight excluding hydrogens is 478 g/mol. The van der Waals surface area contributed by atoms with Crippen molar-refractivity contribution in [2.75, 3.05) is 11.4 Å². The maximum absolute atomic E-state index is 11.8. The molecule has 0 spiro atoms. The lowest BCUT2D eigenvalue weighted by Crippen LogP contribution is -2.31. The van der Waals surface area contributed by atoms with Gasteiger partial charge >= 0.3 is 11.7 Å². The van der Waals surface area contributed by atoms with Crippen LogP contribution in [0.4, 0.5) is 11.5 Å². The molecule has 3 heterocycles. The zero-order valence-corrected chi connectivity index (χ0v) is 19.6. The standard InChI is InChI=1S/C24H21N9O4/c1-2-17-11-21(32-24(26-17)20(12-25-32)33(36)37)31(14-22(34)35)13-15-7-9-16(10-8-15)18-5-3-4-6-19(18)23-27-29-30-28-23/h3-12H,2,13-14H2,1H3,(H,34,35)(H,27,28,29,30). The van der Waals surface area contributed by atoms with Gasteiger partial charge < -0.3 is 10.0 Å². The van der Waals surface area contributed by atoms with Crippen LogP contribution in [-0.4, -0.2) is 57.8 Å². The van der Waals surface area contributed by atoms with Gasteiger partial charge in [-0.15, -0.1) is 5.10 Å². The molecule has 2 N–H and O–H groups in total. The van der Waals surface area contributed by atoms with Crippen LogP contribution in [0.2, 0.25) is 0 Å². The third kappa shape index (κ3) is 4.69. The van der Waals surface area contributed by atoms with Crippen molar-refractivity contribution in [1.82, 2.24) is 35.2 Å². The first-order chi connectivity index (χ1) is 17.9. The number of aryl methyl sites for hydroxylation is 1. The van der Waals surface area contributed by atoms with E-state index in [-0.39, 0.29) is 24.4 Å². The molecule has 0 fully saturated rings. The molecule has 0 aliphatic carbocycles. The van der Waals surface area contributed by atoms with Crippen molar-refractivity contribution in [3.63, 3.8) is 0 Å². The predicted octanol–water partition coefficient (Wildman–Crippen LogP) is 3.14. The highest BCUT2D eigenvalue weighted by Crippen LogP contribution is 2.30. The second-order valence-electron chi connectivity index (χ2n) is 8.22. The number of benzene rings is 2. The minimum absolute atomic E-state index is 0.0728. The van der Waals surface area contributed by atoms with Crippen molar-refractivity contribution in [3.05, 3.63) is 82.2 Å². The van der Waals surface area contributed by atoms with E-state index in [9.17, 15) is 20.0 Å². The Morgan fingerprint density at radius 3 is 2.57 bits per heavy atom. The normalized spacial score (nSPS) is 11.1. The van der Waals surface area contributed by atoms with Crippen molar-refractivity contribution in [1.29, 1.82) is 0 Å². The Hall–Kier alpha value is -5.20. The molecule has 186 valence electrons. The summed E-state index contributed by atoms with van der Waals surface area (Å²) in [6.07, 6.45) is 1.64. The van der Waals surface area contributed by atoms with Crippen molar-refractivity contribution in [2.24, 2.45) is 0 Å². The van der Waals surface area contributed by atoms with E-state index >= 15 is 0 Å². The molecule has 0 aliphatic heterocycles. The average molecular weight is 499 g/mol. The molecule has 0 atom stereocenters. The third-order valence-corrected chi connectivity index (χ3v) is 5.86. The van der Waals surface area contributed by atoms with Crippen LogP contribution >= 0.6 is 0 Å². The van der Waals surface area contributed by atoms with Gasteiger partial charge in [-0.05, 0) is 33.5 Å². The predicted molar refractivity (Wildman–Crippen MR) is 133 cm³/mol. The minimum atomic E-state index is -1.05. The number of nitrogens with zero attached hydrogens (tertiary/aromatic N) is 8. The van der Waals surface area contributed by atoms with Gasteiger partial charge in [-0.3, -0.25) is 14.9 Å². The Morgan fingerprint density at radius 2 is 1.92 bits per heavy atom. The van der Waals surface area contributed by atoms with Crippen LogP contribution in [0.25, 0.3) is 28.2 Å². The van der Waals surface area contributed by atoms with Gasteiger partial charge in [0.1, 0.15) is 18.6 Å². The quantitative estimate of drug-likeness (QED) is 0.227. The molecule has 5 aromatic rings. The number of nitrogens with one attached hydrogen (secondary N) is 1. The Morgan fingerprint density at radius 1 is 1.16 bits per heavy atom. The fourth-order valence-corrected chi connectivity index (χ4v) is 4.13. The van der Waals surface area contributed by atoms with E-state index in [4.69, 9.17) is 0 Å². The van der Waals surface area contributed by atoms with E-state index in [0.29, 0.717) is 23.8 Å². The van der Waals surface area contributed by atoms with Gasteiger partial charge in [-0.2, -0.15) is 9.61 Å². The molecule has 2 aromatic carbocycles. The number of tetrazole rings is 1. The summed E-state index contributed by atoms with van der Waals surface area (Å²) < 4.78 is 1.32. The lowest BCUT2D eigenvalue weighted by Gasteiger charge is -2.24. The van der Waals surface area contributed by atoms with Gasteiger partial charge in [0.2, 0.25) is 5.65 Å². The summed E-state index contributed by atoms with van der Waals surface area (Å²) in [5.74, 6) is -0.0884. The average Bonchev–Trinajstić information content (AvgIpc) is 3.58. The Kier molecular flexibility index (Phi) is 6.24. The number of aromatic amines is 1. The van der Waals surface area contributed by atoms with Crippen LogP contribution in [0.3, 0.4) is 0 Å². The second-order valence-corrected chi connectivity index (χ2v) is 8.22. The van der Waals surface area contributed by atoms with Crippen LogP contribution in [0.5, 0.6) is 0 Å². The number of fused-ring (bicyclic) bond motifs is 1. The molecular formula is C24H21N9O4. The van der Waals surface area contributed by atoms with Gasteiger partial charge in [0.25, 0.3) is 0 Å². The molecule has 0 radical (unpaired) electrons. The Labute approximate surface area is 209 Å². The molecule has 0 unspecified atom stereocenters. The lowest BCUT2D eigenvalue weighted by atomic mass is 9.98. The molecule has 5 rings (SSSR count). The van der Waals surface area contributed by atoms with Crippen molar-refractivity contribution in [2.45, 2.75) is 19.9 Å². The summed E-state index contributed by atoms with van der Waals surface area (Å²) in [5, 5.41) is 39.3. The van der Waals surface area contributed by atoms with E-state index in [2.05, 4.69) is 30.7 Å². The molecule has 0 amide bonds. The summed E-state index contributed by atoms with van der Waals surface area (Å²) in [6.45, 7) is 1.77. The van der Waals surface area contributed by atoms with Gasteiger partial charge in [0.05, 0.1) is 4.92 Å². The molecule has 3 aromatic heterocycles. The number of hydrogen-bond acceptors (Lipinski definition) is 9. The monoisotopic (exact) mass is 499 g/mol. The van der Waals surface area contributed by atoms with Crippen LogP contribution in [0, 0.1) is 10.1 Å². The van der Waals surface area contributed by atoms with Gasteiger partial charge in [-0.25, -0.2) is 10.1 Å². The fourth-order valence-electron chi connectivity index (χ4n) is 4.13. The smallest absolute Gasteiger partial charge is 0.333 e. The molecule has 0 bridgehead atoms. The van der Waals surface area contributed by atoms with Crippen LogP contribution in [0.1, 0.15) is 18.2 Å². The maximum atomic E-state index is 11.8. The molecule has 13 heteroatoms. The third-order valence-electron chi connectivity index (χ3n) is 5.86. The molecule has 37 heavy (non-hydrogen) atoms. The molecule has 13 nitrogen and oxygen atoms in total. The van der Waals surface area contributed by atoms with E-state index in [1.54, 1.807) is 11.0 Å². The lowest BCUT2D eigenvalue weighted by molar-refractivity contribution is -0.383. The zero-order valence-electron chi connectivity index (χ0n) is 19.6. The van der Waals surface area contributed by atoms with Crippen molar-refractivity contribution >= 4 is 23.1 Å². The number of nitro groups is 1. The summed E-state index contributed by atoms with van der Waals surface area (Å²) in [7, 11) is 0. The van der Waals surface area contributed by atoms with Crippen molar-refractivity contribution < 1.29 is 14.8 Å². The number of H-pyrrole nitrogens is 1. The number of rotatable bonds is 9. The van der Waals surface area contributed by atoms with Crippen LogP contribution in [-0.2, 0) is 17.8 Å². The minimum Gasteiger partial charge on any atom is -0.480 e. The van der Waals surface area contributed by atoms with Gasteiger partial charge in [0.15, 0.2) is 5.82 Å². The Balaban J connectivity index is 1.50. The van der Waals surface area contributed by atoms with Gasteiger partial charge in [0, 0.05) is 23.9 Å². The summed E-state index contributed by atoms with van der Waals surface area (Å²) in [4.78, 5) is 28.6.